The summed E-state index contributed by atoms with van der Waals surface area (Å²) >= 11 is 14.1. The highest BCUT2D eigenvalue weighted by atomic mass is 35.5. The number of carbonyl (C=O) groups excluding carboxylic acids is 1. The molecule has 2 atom stereocenters. The third kappa shape index (κ3) is 7.35. The van der Waals surface area contributed by atoms with Crippen molar-refractivity contribution in [2.45, 2.75) is 38.0 Å². The van der Waals surface area contributed by atoms with Gasteiger partial charge in [0, 0.05) is 72.3 Å². The van der Waals surface area contributed by atoms with Gasteiger partial charge in [-0.15, -0.1) is 0 Å². The first-order valence-electron chi connectivity index (χ1n) is 15.9. The fraction of sp³-hybridized carbons (Fsp3) is 0.250. The average molecular weight is 718 g/mol. The van der Waals surface area contributed by atoms with Crippen molar-refractivity contribution in [1.29, 1.82) is 0 Å². The fourth-order valence-corrected chi connectivity index (χ4v) is 6.57. The summed E-state index contributed by atoms with van der Waals surface area (Å²) in [6, 6.07) is 17.5. The third-order valence-electron chi connectivity index (χ3n) is 8.60. The number of nitrogens with one attached hydrogen (secondary N) is 3. The Labute approximate surface area is 297 Å². The Kier molecular flexibility index (Phi) is 10.8. The van der Waals surface area contributed by atoms with Gasteiger partial charge in [0.2, 0.25) is 11.8 Å². The molecule has 0 unspecified atom stereocenters. The minimum Gasteiger partial charge on any atom is -0.481 e. The lowest BCUT2D eigenvalue weighted by molar-refractivity contribution is -0.140. The Morgan fingerprint density at radius 1 is 1.02 bits per heavy atom. The van der Waals surface area contributed by atoms with E-state index in [0.717, 1.165) is 17.5 Å². The minimum atomic E-state index is -1.22. The van der Waals surface area contributed by atoms with Crippen molar-refractivity contribution >= 4 is 40.7 Å². The largest absolute Gasteiger partial charge is 0.481 e. The molecule has 1 aliphatic rings. The highest BCUT2D eigenvalue weighted by Crippen LogP contribution is 2.42. The first-order chi connectivity index (χ1) is 24.2. The standard InChI is InChI=1S/C36H34Cl2N6O6/c1-50-34-21(15-39-18-23-9-11-31(46)42-23)8-10-28(43-34)27-7-3-6-26(33(27)38)25-5-2-4-24(32(25)37)20-12-13-44-30(14-20)41-17-22(35(44)47)16-40-29(19-45)36(48)49/h2-8,10,12-14,17,23,29,39-40,45H,9,11,15-16,18-19H2,1H3,(H,42,46)(H,48,49)/t23-,29-/m0/s1. The van der Waals surface area contributed by atoms with Gasteiger partial charge in [-0.1, -0.05) is 65.7 Å². The van der Waals surface area contributed by atoms with Gasteiger partial charge < -0.3 is 25.6 Å². The summed E-state index contributed by atoms with van der Waals surface area (Å²) < 4.78 is 6.99. The van der Waals surface area contributed by atoms with Crippen molar-refractivity contribution in [2.75, 3.05) is 20.3 Å². The first-order valence-corrected chi connectivity index (χ1v) is 16.6. The number of aromatic nitrogens is 3. The molecule has 50 heavy (non-hydrogen) atoms. The Balaban J connectivity index is 1.25. The molecule has 0 radical (unpaired) electrons. The van der Waals surface area contributed by atoms with Gasteiger partial charge in [0.25, 0.3) is 5.56 Å². The third-order valence-corrected chi connectivity index (χ3v) is 9.41. The van der Waals surface area contributed by atoms with Gasteiger partial charge in [-0.3, -0.25) is 24.1 Å². The van der Waals surface area contributed by atoms with Gasteiger partial charge in [-0.2, -0.15) is 0 Å². The Bertz CT molecular complexity index is 2140. The van der Waals surface area contributed by atoms with E-state index in [4.69, 9.17) is 38.0 Å². The van der Waals surface area contributed by atoms with Crippen LogP contribution in [-0.4, -0.2) is 68.8 Å². The molecule has 0 aliphatic carbocycles. The number of ether oxygens (including phenoxy) is 1. The van der Waals surface area contributed by atoms with E-state index in [-0.39, 0.29) is 29.6 Å². The number of halogens is 2. The quantitative estimate of drug-likeness (QED) is 0.119. The number of fused-ring (bicyclic) bond motifs is 1. The number of carboxylic acid groups (broad SMARTS) is 1. The molecule has 0 saturated carbocycles. The number of aliphatic carboxylic acids is 1. The smallest absolute Gasteiger partial charge is 0.323 e. The molecule has 6 rings (SSSR count). The van der Waals surface area contributed by atoms with Gasteiger partial charge in [-0.05, 0) is 30.2 Å². The van der Waals surface area contributed by atoms with Crippen molar-refractivity contribution in [3.63, 3.8) is 0 Å². The normalized spacial score (nSPS) is 14.9. The monoisotopic (exact) mass is 716 g/mol. The lowest BCUT2D eigenvalue weighted by Crippen LogP contribution is -2.40. The average Bonchev–Trinajstić information content (AvgIpc) is 3.54. The van der Waals surface area contributed by atoms with Crippen LogP contribution < -0.4 is 26.2 Å². The maximum Gasteiger partial charge on any atom is 0.323 e. The van der Waals surface area contributed by atoms with Crippen LogP contribution in [0.1, 0.15) is 24.0 Å². The van der Waals surface area contributed by atoms with E-state index in [1.165, 1.54) is 10.6 Å². The molecule has 4 heterocycles. The van der Waals surface area contributed by atoms with Gasteiger partial charge >= 0.3 is 5.97 Å². The zero-order chi connectivity index (χ0) is 35.4. The molecule has 5 N–H and O–H groups in total. The minimum absolute atomic E-state index is 0.0756. The number of rotatable bonds is 13. The van der Waals surface area contributed by atoms with Crippen LogP contribution in [0.25, 0.3) is 39.2 Å². The number of amides is 1. The van der Waals surface area contributed by atoms with Gasteiger partial charge in [-0.25, -0.2) is 9.97 Å². The number of nitrogens with zero attached hydrogens (tertiary/aromatic N) is 3. The highest BCUT2D eigenvalue weighted by Gasteiger charge is 2.21. The summed E-state index contributed by atoms with van der Waals surface area (Å²) in [7, 11) is 1.57. The SMILES string of the molecule is COc1nc(-c2cccc(-c3cccc(-c4ccn5c(=O)c(CN[C@@H](CO)C(=O)O)cnc5c4)c3Cl)c2Cl)ccc1CNC[C@@H]1CCC(=O)N1. The van der Waals surface area contributed by atoms with Crippen molar-refractivity contribution in [3.8, 4) is 39.4 Å². The van der Waals surface area contributed by atoms with Crippen molar-refractivity contribution in [1.82, 2.24) is 30.3 Å². The lowest BCUT2D eigenvalue weighted by Gasteiger charge is -2.16. The zero-order valence-corrected chi connectivity index (χ0v) is 28.5. The first kappa shape index (κ1) is 35.0. The number of benzene rings is 2. The zero-order valence-electron chi connectivity index (χ0n) is 27.0. The van der Waals surface area contributed by atoms with Crippen LogP contribution >= 0.6 is 23.2 Å². The Morgan fingerprint density at radius 2 is 1.74 bits per heavy atom. The number of aliphatic hydroxyl groups excluding tert-OH is 1. The molecule has 14 heteroatoms. The summed E-state index contributed by atoms with van der Waals surface area (Å²) in [5.41, 5.74) is 5.28. The number of hydrogen-bond donors (Lipinski definition) is 5. The Morgan fingerprint density at radius 3 is 2.42 bits per heavy atom. The number of aliphatic hydroxyl groups is 1. The summed E-state index contributed by atoms with van der Waals surface area (Å²) in [5, 5.41) is 28.3. The molecule has 0 spiro atoms. The maximum absolute atomic E-state index is 13.1. The van der Waals surface area contributed by atoms with Crippen LogP contribution in [-0.2, 0) is 22.7 Å². The molecule has 1 saturated heterocycles. The van der Waals surface area contributed by atoms with Crippen molar-refractivity contribution < 1.29 is 24.5 Å². The summed E-state index contributed by atoms with van der Waals surface area (Å²) in [6.07, 6.45) is 4.34. The van der Waals surface area contributed by atoms with E-state index in [2.05, 4.69) is 20.9 Å². The molecular formula is C36H34Cl2N6O6. The molecular weight excluding hydrogens is 683 g/mol. The number of hydrogen-bond acceptors (Lipinski definition) is 9. The summed E-state index contributed by atoms with van der Waals surface area (Å²) in [4.78, 5) is 45.0. The second kappa shape index (κ2) is 15.4. The van der Waals surface area contributed by atoms with E-state index in [1.54, 1.807) is 25.4 Å². The number of carboxylic acids is 1. The Hall–Kier alpha value is -4.85. The van der Waals surface area contributed by atoms with E-state index in [1.807, 2.05) is 48.5 Å². The van der Waals surface area contributed by atoms with Crippen molar-refractivity contribution in [3.05, 3.63) is 105 Å². The van der Waals surface area contributed by atoms with Crippen LogP contribution in [0.3, 0.4) is 0 Å². The second-order valence-electron chi connectivity index (χ2n) is 11.8. The van der Waals surface area contributed by atoms with Crippen molar-refractivity contribution in [2.24, 2.45) is 0 Å². The van der Waals surface area contributed by atoms with Crippen LogP contribution in [0, 0.1) is 0 Å². The van der Waals surface area contributed by atoms with Gasteiger partial charge in [0.05, 0.1) is 35.0 Å². The predicted molar refractivity (Wildman–Crippen MR) is 190 cm³/mol. The van der Waals surface area contributed by atoms with E-state index in [9.17, 15) is 19.5 Å². The summed E-state index contributed by atoms with van der Waals surface area (Å²) in [6.45, 7) is 0.486. The number of methoxy groups -OCH3 is 1. The van der Waals surface area contributed by atoms with Gasteiger partial charge in [0.1, 0.15) is 11.7 Å². The molecule has 1 amide bonds. The molecule has 3 aromatic heterocycles. The maximum atomic E-state index is 13.1. The molecule has 5 aromatic rings. The predicted octanol–water partition coefficient (Wildman–Crippen LogP) is 4.31. The molecule has 1 aliphatic heterocycles. The van der Waals surface area contributed by atoms with Crippen LogP contribution in [0.5, 0.6) is 5.88 Å². The lowest BCUT2D eigenvalue weighted by atomic mass is 9.97. The van der Waals surface area contributed by atoms with E-state index >= 15 is 0 Å². The van der Waals surface area contributed by atoms with Crippen LogP contribution in [0.2, 0.25) is 10.0 Å². The van der Waals surface area contributed by atoms with Gasteiger partial charge in [0.15, 0.2) is 0 Å². The number of carbonyl (C=O) groups is 2. The second-order valence-corrected chi connectivity index (χ2v) is 12.6. The van der Waals surface area contributed by atoms with Crippen LogP contribution in [0.15, 0.2) is 77.9 Å². The molecule has 12 nitrogen and oxygen atoms in total. The van der Waals surface area contributed by atoms with Crippen LogP contribution in [0.4, 0.5) is 0 Å². The van der Waals surface area contributed by atoms with E-state index in [0.29, 0.717) is 69.0 Å². The van der Waals surface area contributed by atoms with E-state index < -0.39 is 18.6 Å². The molecule has 258 valence electrons. The molecule has 0 bridgehead atoms. The highest BCUT2D eigenvalue weighted by molar-refractivity contribution is 6.39. The fourth-order valence-electron chi connectivity index (χ4n) is 5.91. The molecule has 1 fully saturated rings. The number of pyridine rings is 2. The summed E-state index contributed by atoms with van der Waals surface area (Å²) in [5.74, 6) is -0.674. The topological polar surface area (TPSA) is 167 Å². The molecule has 2 aromatic carbocycles.